The SMILES string of the molecule is Cc1cc(C(F)(F)F)cc(O)c1-c1ccc2cn(C3COC[C@@H]3F)nc2n1. The Hall–Kier alpha value is -2.68. The van der Waals surface area contributed by atoms with Crippen LogP contribution in [0.2, 0.25) is 0 Å². The fourth-order valence-electron chi connectivity index (χ4n) is 3.25. The van der Waals surface area contributed by atoms with Gasteiger partial charge < -0.3 is 9.84 Å². The maximum absolute atomic E-state index is 13.9. The van der Waals surface area contributed by atoms with Gasteiger partial charge in [-0.25, -0.2) is 9.37 Å². The van der Waals surface area contributed by atoms with Crippen molar-refractivity contribution in [2.45, 2.75) is 25.3 Å². The molecule has 3 heterocycles. The molecule has 2 aromatic heterocycles. The van der Waals surface area contributed by atoms with Crippen LogP contribution in [0.25, 0.3) is 22.3 Å². The highest BCUT2D eigenvalue weighted by Crippen LogP contribution is 2.38. The monoisotopic (exact) mass is 381 g/mol. The predicted octanol–water partition coefficient (Wildman–Crippen LogP) is 4.04. The highest BCUT2D eigenvalue weighted by atomic mass is 19.4. The van der Waals surface area contributed by atoms with E-state index in [0.717, 1.165) is 6.07 Å². The first kappa shape index (κ1) is 17.7. The van der Waals surface area contributed by atoms with Crippen molar-refractivity contribution in [2.75, 3.05) is 13.2 Å². The Morgan fingerprint density at radius 2 is 2.00 bits per heavy atom. The topological polar surface area (TPSA) is 60.2 Å². The Labute approximate surface area is 151 Å². The maximum Gasteiger partial charge on any atom is 0.416 e. The van der Waals surface area contributed by atoms with Crippen molar-refractivity contribution in [1.29, 1.82) is 0 Å². The van der Waals surface area contributed by atoms with Crippen molar-refractivity contribution in [1.82, 2.24) is 14.8 Å². The molecule has 1 aliphatic rings. The van der Waals surface area contributed by atoms with Gasteiger partial charge in [0.05, 0.1) is 24.5 Å². The van der Waals surface area contributed by atoms with Crippen LogP contribution in [0, 0.1) is 6.92 Å². The Morgan fingerprint density at radius 1 is 1.22 bits per heavy atom. The fraction of sp³-hybridized carbons (Fsp3) is 0.333. The van der Waals surface area contributed by atoms with Gasteiger partial charge in [0.15, 0.2) is 5.65 Å². The molecule has 1 saturated heterocycles. The number of hydrogen-bond donors (Lipinski definition) is 1. The van der Waals surface area contributed by atoms with Gasteiger partial charge in [-0.05, 0) is 36.8 Å². The molecule has 3 aromatic rings. The van der Waals surface area contributed by atoms with E-state index in [4.69, 9.17) is 4.74 Å². The average molecular weight is 381 g/mol. The lowest BCUT2D eigenvalue weighted by Gasteiger charge is -2.13. The lowest BCUT2D eigenvalue weighted by molar-refractivity contribution is -0.137. The number of halogens is 4. The lowest BCUT2D eigenvalue weighted by atomic mass is 10.00. The molecule has 1 aliphatic heterocycles. The van der Waals surface area contributed by atoms with Gasteiger partial charge in [-0.15, -0.1) is 0 Å². The van der Waals surface area contributed by atoms with E-state index in [0.29, 0.717) is 17.1 Å². The quantitative estimate of drug-likeness (QED) is 0.681. The van der Waals surface area contributed by atoms with Gasteiger partial charge in [0, 0.05) is 17.1 Å². The second-order valence-corrected chi connectivity index (χ2v) is 6.52. The zero-order valence-electron chi connectivity index (χ0n) is 14.2. The van der Waals surface area contributed by atoms with Crippen molar-refractivity contribution in [3.8, 4) is 17.0 Å². The summed E-state index contributed by atoms with van der Waals surface area (Å²) >= 11 is 0. The van der Waals surface area contributed by atoms with Crippen LogP contribution < -0.4 is 0 Å². The molecule has 142 valence electrons. The molecule has 0 aliphatic carbocycles. The smallest absolute Gasteiger partial charge is 0.416 e. The van der Waals surface area contributed by atoms with Crippen molar-refractivity contribution < 1.29 is 27.4 Å². The number of fused-ring (bicyclic) bond motifs is 1. The van der Waals surface area contributed by atoms with Gasteiger partial charge in [0.1, 0.15) is 18.0 Å². The molecule has 0 bridgehead atoms. The average Bonchev–Trinajstić information content (AvgIpc) is 3.18. The second-order valence-electron chi connectivity index (χ2n) is 6.52. The highest BCUT2D eigenvalue weighted by molar-refractivity contribution is 5.80. The number of aromatic nitrogens is 3. The molecule has 0 saturated carbocycles. The number of benzene rings is 1. The first-order chi connectivity index (χ1) is 12.7. The third-order valence-corrected chi connectivity index (χ3v) is 4.61. The van der Waals surface area contributed by atoms with Crippen LogP contribution in [0.1, 0.15) is 17.2 Å². The molecular formula is C18H15F4N3O2. The number of rotatable bonds is 2. The van der Waals surface area contributed by atoms with Gasteiger partial charge in [0.2, 0.25) is 0 Å². The van der Waals surface area contributed by atoms with E-state index in [2.05, 4.69) is 10.1 Å². The molecule has 5 nitrogen and oxygen atoms in total. The number of ether oxygens (including phenoxy) is 1. The minimum absolute atomic E-state index is 0.0121. The van der Waals surface area contributed by atoms with Crippen LogP contribution in [-0.4, -0.2) is 39.3 Å². The summed E-state index contributed by atoms with van der Waals surface area (Å²) in [5.41, 5.74) is 0.108. The summed E-state index contributed by atoms with van der Waals surface area (Å²) in [4.78, 5) is 4.34. The second kappa shape index (κ2) is 6.19. The highest BCUT2D eigenvalue weighted by Gasteiger charge is 2.32. The first-order valence-electron chi connectivity index (χ1n) is 8.23. The van der Waals surface area contributed by atoms with Crippen LogP contribution in [-0.2, 0) is 10.9 Å². The number of phenolic OH excluding ortho intramolecular Hbond substituents is 1. The van der Waals surface area contributed by atoms with Gasteiger partial charge >= 0.3 is 6.18 Å². The predicted molar refractivity (Wildman–Crippen MR) is 89.1 cm³/mol. The van der Waals surface area contributed by atoms with Gasteiger partial charge in [-0.2, -0.15) is 18.3 Å². The summed E-state index contributed by atoms with van der Waals surface area (Å²) in [6, 6.07) is 4.37. The summed E-state index contributed by atoms with van der Waals surface area (Å²) in [6.07, 6.45) is -4.07. The molecule has 1 aromatic carbocycles. The summed E-state index contributed by atoms with van der Waals surface area (Å²) in [5, 5.41) is 15.1. The largest absolute Gasteiger partial charge is 0.507 e. The Kier molecular flexibility index (Phi) is 4.06. The third kappa shape index (κ3) is 3.12. The van der Waals surface area contributed by atoms with Crippen molar-refractivity contribution in [3.63, 3.8) is 0 Å². The van der Waals surface area contributed by atoms with Crippen molar-refractivity contribution >= 4 is 11.0 Å². The van der Waals surface area contributed by atoms with E-state index in [1.807, 2.05) is 0 Å². The normalized spacial score (nSPS) is 20.5. The van der Waals surface area contributed by atoms with E-state index in [-0.39, 0.29) is 30.0 Å². The fourth-order valence-corrected chi connectivity index (χ4v) is 3.25. The van der Waals surface area contributed by atoms with Gasteiger partial charge in [-0.3, -0.25) is 4.68 Å². The minimum atomic E-state index is -4.55. The molecule has 0 spiro atoms. The third-order valence-electron chi connectivity index (χ3n) is 4.61. The van der Waals surface area contributed by atoms with Crippen LogP contribution >= 0.6 is 0 Å². The zero-order chi connectivity index (χ0) is 19.3. The molecule has 1 fully saturated rings. The lowest BCUT2D eigenvalue weighted by Crippen LogP contribution is -2.18. The summed E-state index contributed by atoms with van der Waals surface area (Å²) in [5.74, 6) is -0.512. The number of alkyl halides is 4. The zero-order valence-corrected chi connectivity index (χ0v) is 14.2. The van der Waals surface area contributed by atoms with Crippen molar-refractivity contribution in [2.24, 2.45) is 0 Å². The molecule has 2 atom stereocenters. The van der Waals surface area contributed by atoms with E-state index < -0.39 is 29.7 Å². The summed E-state index contributed by atoms with van der Waals surface area (Å²) in [7, 11) is 0. The molecule has 1 unspecified atom stereocenters. The van der Waals surface area contributed by atoms with Crippen LogP contribution in [0.5, 0.6) is 5.75 Å². The molecule has 0 amide bonds. The summed E-state index contributed by atoms with van der Waals surface area (Å²) < 4.78 is 59.1. The number of aryl methyl sites for hydroxylation is 1. The minimum Gasteiger partial charge on any atom is -0.507 e. The molecule has 9 heteroatoms. The molecular weight excluding hydrogens is 366 g/mol. The molecule has 4 rings (SSSR count). The maximum atomic E-state index is 13.9. The number of phenols is 1. The molecule has 27 heavy (non-hydrogen) atoms. The Balaban J connectivity index is 1.76. The first-order valence-corrected chi connectivity index (χ1v) is 8.23. The van der Waals surface area contributed by atoms with E-state index in [9.17, 15) is 22.7 Å². The molecule has 1 N–H and O–H groups in total. The van der Waals surface area contributed by atoms with Crippen LogP contribution in [0.4, 0.5) is 17.6 Å². The standard InChI is InChI=1S/C18H15F4N3O2/c1-9-4-11(18(20,21)22)5-15(26)16(9)13-3-2-10-6-25(24-17(10)23-13)14-8-27-7-12(14)19/h2-6,12,14,26H,7-8H2,1H3/t12-,14?/m0/s1. The van der Waals surface area contributed by atoms with Gasteiger partial charge in [-0.1, -0.05) is 0 Å². The van der Waals surface area contributed by atoms with E-state index in [1.54, 1.807) is 18.3 Å². The number of nitrogens with zero attached hydrogens (tertiary/aromatic N) is 3. The van der Waals surface area contributed by atoms with E-state index >= 15 is 0 Å². The number of hydrogen-bond acceptors (Lipinski definition) is 4. The van der Waals surface area contributed by atoms with Crippen molar-refractivity contribution in [3.05, 3.63) is 41.6 Å². The summed E-state index contributed by atoms with van der Waals surface area (Å²) in [6.45, 7) is 1.69. The van der Waals surface area contributed by atoms with Crippen LogP contribution in [0.3, 0.4) is 0 Å². The Morgan fingerprint density at radius 3 is 2.63 bits per heavy atom. The Bertz CT molecular complexity index is 992. The number of aromatic hydroxyl groups is 1. The molecule has 0 radical (unpaired) electrons. The van der Waals surface area contributed by atoms with E-state index in [1.165, 1.54) is 11.6 Å². The van der Waals surface area contributed by atoms with Gasteiger partial charge in [0.25, 0.3) is 0 Å². The number of pyridine rings is 1. The van der Waals surface area contributed by atoms with Crippen LogP contribution in [0.15, 0.2) is 30.5 Å².